The third kappa shape index (κ3) is 5.01. The summed E-state index contributed by atoms with van der Waals surface area (Å²) in [7, 11) is 1.30. The van der Waals surface area contributed by atoms with E-state index in [1.165, 1.54) is 13.3 Å². The van der Waals surface area contributed by atoms with Crippen LogP contribution in [-0.4, -0.2) is 41.6 Å². The van der Waals surface area contributed by atoms with Crippen molar-refractivity contribution in [1.29, 1.82) is 0 Å². The van der Waals surface area contributed by atoms with Crippen LogP contribution < -0.4 is 10.1 Å². The minimum Gasteiger partial charge on any atom is -0.473 e. The average molecular weight is 386 g/mol. The van der Waals surface area contributed by atoms with E-state index in [1.807, 2.05) is 30.8 Å². The van der Waals surface area contributed by atoms with E-state index in [0.717, 1.165) is 23.5 Å². The fourth-order valence-corrected chi connectivity index (χ4v) is 3.82. The first-order chi connectivity index (χ1) is 13.1. The molecule has 1 fully saturated rings. The molecule has 0 bridgehead atoms. The van der Waals surface area contributed by atoms with E-state index in [9.17, 15) is 9.59 Å². The molecular formula is C20H22N2O4S. The molecule has 2 heterocycles. The Morgan fingerprint density at radius 2 is 2.00 bits per heavy atom. The highest BCUT2D eigenvalue weighted by molar-refractivity contribution is 7.99. The first kappa shape index (κ1) is 19.2. The summed E-state index contributed by atoms with van der Waals surface area (Å²) in [6.45, 7) is 1.95. The number of carbonyl (C=O) groups excluding carboxylic acids is 2. The van der Waals surface area contributed by atoms with Crippen LogP contribution >= 0.6 is 11.8 Å². The lowest BCUT2D eigenvalue weighted by Gasteiger charge is -2.17. The smallest absolute Gasteiger partial charge is 0.333 e. The number of methoxy groups -OCH3 is 1. The quantitative estimate of drug-likeness (QED) is 0.769. The minimum absolute atomic E-state index is 0.174. The Hall–Kier alpha value is -2.54. The monoisotopic (exact) mass is 386 g/mol. The van der Waals surface area contributed by atoms with E-state index in [-0.39, 0.29) is 6.10 Å². The Kier molecular flexibility index (Phi) is 6.34. The number of rotatable bonds is 6. The van der Waals surface area contributed by atoms with Gasteiger partial charge in [-0.15, -0.1) is 0 Å². The molecule has 1 aromatic carbocycles. The molecule has 0 spiro atoms. The number of nitrogens with zero attached hydrogens (tertiary/aromatic N) is 1. The molecule has 7 heteroatoms. The first-order valence-electron chi connectivity index (χ1n) is 8.72. The van der Waals surface area contributed by atoms with Crippen LogP contribution in [0.25, 0.3) is 0 Å². The molecule has 1 aromatic heterocycles. The van der Waals surface area contributed by atoms with Gasteiger partial charge in [0.05, 0.1) is 12.7 Å². The molecule has 0 aliphatic carbocycles. The Morgan fingerprint density at radius 1 is 1.22 bits per heavy atom. The predicted molar refractivity (Wildman–Crippen MR) is 104 cm³/mol. The van der Waals surface area contributed by atoms with Crippen molar-refractivity contribution in [3.8, 4) is 5.88 Å². The summed E-state index contributed by atoms with van der Waals surface area (Å²) in [5.41, 5.74) is 2.07. The summed E-state index contributed by atoms with van der Waals surface area (Å²) in [4.78, 5) is 28.9. The minimum atomic E-state index is -0.880. The number of nitrogens with one attached hydrogen (secondary N) is 1. The zero-order valence-electron chi connectivity index (χ0n) is 15.3. The van der Waals surface area contributed by atoms with Crippen molar-refractivity contribution in [2.24, 2.45) is 0 Å². The lowest BCUT2D eigenvalue weighted by molar-refractivity contribution is -0.143. The average Bonchev–Trinajstić information content (AvgIpc) is 3.20. The van der Waals surface area contributed by atoms with Crippen LogP contribution in [0.5, 0.6) is 5.88 Å². The molecule has 1 amide bonds. The number of esters is 1. The number of benzene rings is 1. The van der Waals surface area contributed by atoms with Crippen LogP contribution in [0.3, 0.4) is 0 Å². The molecular weight excluding hydrogens is 364 g/mol. The molecule has 2 atom stereocenters. The number of ether oxygens (including phenoxy) is 2. The molecule has 27 heavy (non-hydrogen) atoms. The summed E-state index contributed by atoms with van der Waals surface area (Å²) in [5.74, 6) is 1.63. The molecule has 2 unspecified atom stereocenters. The number of aromatic nitrogens is 1. The summed E-state index contributed by atoms with van der Waals surface area (Å²) in [6.07, 6.45) is 2.63. The lowest BCUT2D eigenvalue weighted by atomic mass is 10.0. The van der Waals surface area contributed by atoms with Crippen molar-refractivity contribution >= 4 is 23.6 Å². The van der Waals surface area contributed by atoms with Crippen molar-refractivity contribution in [2.75, 3.05) is 18.6 Å². The topological polar surface area (TPSA) is 77.5 Å². The lowest BCUT2D eigenvalue weighted by Crippen LogP contribution is -2.34. The molecule has 1 N–H and O–H groups in total. The van der Waals surface area contributed by atoms with Gasteiger partial charge in [0.15, 0.2) is 6.04 Å². The van der Waals surface area contributed by atoms with E-state index in [0.29, 0.717) is 17.0 Å². The molecule has 6 nitrogen and oxygen atoms in total. The highest BCUT2D eigenvalue weighted by Gasteiger charge is 2.24. The zero-order chi connectivity index (χ0) is 19.2. The predicted octanol–water partition coefficient (Wildman–Crippen LogP) is 2.92. The molecule has 0 radical (unpaired) electrons. The van der Waals surface area contributed by atoms with Crippen LogP contribution in [0.15, 0.2) is 42.6 Å². The molecule has 1 saturated heterocycles. The zero-order valence-corrected chi connectivity index (χ0v) is 16.1. The van der Waals surface area contributed by atoms with Gasteiger partial charge in [0, 0.05) is 18.0 Å². The third-order valence-electron chi connectivity index (χ3n) is 4.30. The van der Waals surface area contributed by atoms with Gasteiger partial charge in [-0.25, -0.2) is 9.78 Å². The number of hydrogen-bond acceptors (Lipinski definition) is 6. The van der Waals surface area contributed by atoms with Gasteiger partial charge in [0.2, 0.25) is 5.88 Å². The SMILES string of the molecule is COC(=O)C(NC(=O)c1ccc(OC2CCSC2)nc1)c1ccc(C)cc1. The Bertz CT molecular complexity index is 787. The van der Waals surface area contributed by atoms with Gasteiger partial charge in [0.25, 0.3) is 5.91 Å². The highest BCUT2D eigenvalue weighted by Crippen LogP contribution is 2.22. The number of pyridine rings is 1. The summed E-state index contributed by atoms with van der Waals surface area (Å²) in [6, 6.07) is 9.80. The molecule has 0 saturated carbocycles. The standard InChI is InChI=1S/C20H22N2O4S/c1-13-3-5-14(6-4-13)18(20(24)25-2)22-19(23)15-7-8-17(21-11-15)26-16-9-10-27-12-16/h3-8,11,16,18H,9-10,12H2,1-2H3,(H,22,23). The van der Waals surface area contributed by atoms with Crippen LogP contribution in [0.2, 0.25) is 0 Å². The maximum absolute atomic E-state index is 12.6. The first-order valence-corrected chi connectivity index (χ1v) is 9.88. The second kappa shape index (κ2) is 8.90. The van der Waals surface area contributed by atoms with Gasteiger partial charge in [-0.3, -0.25) is 4.79 Å². The molecule has 3 rings (SSSR count). The molecule has 142 valence electrons. The van der Waals surface area contributed by atoms with Gasteiger partial charge in [-0.05, 0) is 30.7 Å². The van der Waals surface area contributed by atoms with Gasteiger partial charge in [0.1, 0.15) is 6.10 Å². The van der Waals surface area contributed by atoms with Crippen molar-refractivity contribution in [3.05, 3.63) is 59.3 Å². The number of thioether (sulfide) groups is 1. The third-order valence-corrected chi connectivity index (χ3v) is 5.43. The van der Waals surface area contributed by atoms with E-state index >= 15 is 0 Å². The van der Waals surface area contributed by atoms with Gasteiger partial charge in [-0.1, -0.05) is 29.8 Å². The normalized spacial score (nSPS) is 17.2. The van der Waals surface area contributed by atoms with E-state index in [4.69, 9.17) is 9.47 Å². The maximum Gasteiger partial charge on any atom is 0.333 e. The van der Waals surface area contributed by atoms with Crippen LogP contribution in [-0.2, 0) is 9.53 Å². The van der Waals surface area contributed by atoms with Crippen molar-refractivity contribution in [3.63, 3.8) is 0 Å². The Balaban J connectivity index is 1.69. The highest BCUT2D eigenvalue weighted by atomic mass is 32.2. The summed E-state index contributed by atoms with van der Waals surface area (Å²) < 4.78 is 10.6. The van der Waals surface area contributed by atoms with E-state index in [2.05, 4.69) is 10.3 Å². The number of carbonyl (C=O) groups is 2. The molecule has 1 aliphatic heterocycles. The second-order valence-corrected chi connectivity index (χ2v) is 7.48. The van der Waals surface area contributed by atoms with Crippen LogP contribution in [0.1, 0.15) is 33.9 Å². The number of hydrogen-bond donors (Lipinski definition) is 1. The number of aryl methyl sites for hydroxylation is 1. The largest absolute Gasteiger partial charge is 0.473 e. The van der Waals surface area contributed by atoms with Crippen molar-refractivity contribution in [1.82, 2.24) is 10.3 Å². The maximum atomic E-state index is 12.6. The van der Waals surface area contributed by atoms with Gasteiger partial charge in [-0.2, -0.15) is 11.8 Å². The molecule has 2 aromatic rings. The van der Waals surface area contributed by atoms with Gasteiger partial charge >= 0.3 is 5.97 Å². The van der Waals surface area contributed by atoms with Crippen LogP contribution in [0, 0.1) is 6.92 Å². The summed E-state index contributed by atoms with van der Waals surface area (Å²) in [5, 5.41) is 2.71. The molecule has 1 aliphatic rings. The van der Waals surface area contributed by atoms with Crippen molar-refractivity contribution < 1.29 is 19.1 Å². The Labute approximate surface area is 162 Å². The van der Waals surface area contributed by atoms with Gasteiger partial charge < -0.3 is 14.8 Å². The van der Waals surface area contributed by atoms with E-state index < -0.39 is 17.9 Å². The van der Waals surface area contributed by atoms with E-state index in [1.54, 1.807) is 24.3 Å². The fraction of sp³-hybridized carbons (Fsp3) is 0.350. The van der Waals surface area contributed by atoms with Crippen LogP contribution in [0.4, 0.5) is 0 Å². The second-order valence-electron chi connectivity index (χ2n) is 6.33. The van der Waals surface area contributed by atoms with Crippen molar-refractivity contribution in [2.45, 2.75) is 25.5 Å². The fourth-order valence-electron chi connectivity index (χ4n) is 2.73. The summed E-state index contributed by atoms with van der Waals surface area (Å²) >= 11 is 1.86. The Morgan fingerprint density at radius 3 is 2.59 bits per heavy atom. The number of amides is 1.